The minimum Gasteiger partial charge on any atom is -0.360 e. The van der Waals surface area contributed by atoms with Crippen LogP contribution in [-0.2, 0) is 0 Å². The van der Waals surface area contributed by atoms with Crippen LogP contribution in [0.15, 0.2) is 10.6 Å². The summed E-state index contributed by atoms with van der Waals surface area (Å²) in [6.45, 7) is 2.95. The van der Waals surface area contributed by atoms with Crippen LogP contribution in [0.2, 0.25) is 0 Å². The number of nitrogens with zero attached hydrogens (tertiary/aromatic N) is 1. The second-order valence-electron chi connectivity index (χ2n) is 5.10. The Labute approximate surface area is 99.9 Å². The fraction of sp³-hybridized carbons (Fsp3) is 0.667. The van der Waals surface area contributed by atoms with Gasteiger partial charge in [-0.1, -0.05) is 5.16 Å². The second-order valence-corrected chi connectivity index (χ2v) is 5.10. The molecule has 3 rings (SSSR count). The molecule has 0 spiro atoms. The molecule has 5 nitrogen and oxygen atoms in total. The lowest BCUT2D eigenvalue weighted by molar-refractivity contribution is 0.0930. The van der Waals surface area contributed by atoms with Crippen LogP contribution >= 0.6 is 0 Å². The van der Waals surface area contributed by atoms with Gasteiger partial charge in [0.2, 0.25) is 0 Å². The SMILES string of the molecule is C[C@H]1C[C@@H](NC(=O)c2cc(C3CC3)on2)CN1. The summed E-state index contributed by atoms with van der Waals surface area (Å²) in [6, 6.07) is 2.46. The molecule has 1 saturated carbocycles. The van der Waals surface area contributed by atoms with Crippen LogP contribution in [0.3, 0.4) is 0 Å². The highest BCUT2D eigenvalue weighted by atomic mass is 16.5. The quantitative estimate of drug-likeness (QED) is 0.821. The van der Waals surface area contributed by atoms with E-state index in [1.807, 2.05) is 0 Å². The van der Waals surface area contributed by atoms with E-state index in [1.54, 1.807) is 6.07 Å². The molecular weight excluding hydrogens is 218 g/mol. The van der Waals surface area contributed by atoms with E-state index in [4.69, 9.17) is 4.52 Å². The maximum Gasteiger partial charge on any atom is 0.273 e. The van der Waals surface area contributed by atoms with Crippen LogP contribution in [0.25, 0.3) is 0 Å². The summed E-state index contributed by atoms with van der Waals surface area (Å²) in [5.41, 5.74) is 0.409. The maximum atomic E-state index is 11.9. The van der Waals surface area contributed by atoms with Gasteiger partial charge >= 0.3 is 0 Å². The fourth-order valence-electron chi connectivity index (χ4n) is 2.26. The Morgan fingerprint density at radius 1 is 1.59 bits per heavy atom. The number of hydrogen-bond acceptors (Lipinski definition) is 4. The lowest BCUT2D eigenvalue weighted by Gasteiger charge is -2.09. The summed E-state index contributed by atoms with van der Waals surface area (Å²) >= 11 is 0. The normalized spacial score (nSPS) is 28.3. The predicted molar refractivity (Wildman–Crippen MR) is 61.8 cm³/mol. The van der Waals surface area contributed by atoms with E-state index in [2.05, 4.69) is 22.7 Å². The molecule has 5 heteroatoms. The molecule has 0 radical (unpaired) electrons. The van der Waals surface area contributed by atoms with Crippen molar-refractivity contribution in [3.05, 3.63) is 17.5 Å². The topological polar surface area (TPSA) is 67.2 Å². The van der Waals surface area contributed by atoms with Crippen molar-refractivity contribution in [3.63, 3.8) is 0 Å². The number of nitrogens with one attached hydrogen (secondary N) is 2. The first-order valence-electron chi connectivity index (χ1n) is 6.23. The van der Waals surface area contributed by atoms with Gasteiger partial charge in [0, 0.05) is 30.6 Å². The van der Waals surface area contributed by atoms with E-state index in [1.165, 1.54) is 0 Å². The molecule has 0 unspecified atom stereocenters. The first-order valence-corrected chi connectivity index (χ1v) is 6.23. The van der Waals surface area contributed by atoms with Gasteiger partial charge in [0.25, 0.3) is 5.91 Å². The molecule has 0 aromatic carbocycles. The Balaban J connectivity index is 1.60. The standard InChI is InChI=1S/C12H17N3O2/c1-7-4-9(6-13-7)14-12(16)10-5-11(17-15-10)8-2-3-8/h5,7-9,13H,2-4,6H2,1H3,(H,14,16)/t7-,9+/m0/s1. The maximum absolute atomic E-state index is 11.9. The van der Waals surface area contributed by atoms with E-state index in [0.717, 1.165) is 31.6 Å². The van der Waals surface area contributed by atoms with E-state index >= 15 is 0 Å². The van der Waals surface area contributed by atoms with Crippen LogP contribution in [0.4, 0.5) is 0 Å². The zero-order valence-corrected chi connectivity index (χ0v) is 9.90. The summed E-state index contributed by atoms with van der Waals surface area (Å²) < 4.78 is 5.17. The molecule has 2 aliphatic rings. The van der Waals surface area contributed by atoms with Gasteiger partial charge in [0.15, 0.2) is 5.69 Å². The van der Waals surface area contributed by atoms with Crippen molar-refractivity contribution in [2.24, 2.45) is 0 Å². The lowest BCUT2D eigenvalue weighted by Crippen LogP contribution is -2.36. The van der Waals surface area contributed by atoms with Crippen LogP contribution in [0.1, 0.15) is 48.4 Å². The zero-order valence-electron chi connectivity index (χ0n) is 9.90. The van der Waals surface area contributed by atoms with Crippen molar-refractivity contribution in [1.82, 2.24) is 15.8 Å². The van der Waals surface area contributed by atoms with Gasteiger partial charge in [0.05, 0.1) is 0 Å². The second kappa shape index (κ2) is 4.14. The van der Waals surface area contributed by atoms with Gasteiger partial charge in [-0.3, -0.25) is 4.79 Å². The smallest absolute Gasteiger partial charge is 0.273 e. The van der Waals surface area contributed by atoms with Crippen LogP contribution in [-0.4, -0.2) is 29.7 Å². The van der Waals surface area contributed by atoms with Crippen molar-refractivity contribution in [3.8, 4) is 0 Å². The monoisotopic (exact) mass is 235 g/mol. The molecule has 17 heavy (non-hydrogen) atoms. The summed E-state index contributed by atoms with van der Waals surface area (Å²) in [7, 11) is 0. The summed E-state index contributed by atoms with van der Waals surface area (Å²) in [4.78, 5) is 11.9. The molecule has 2 fully saturated rings. The number of amides is 1. The Bertz CT molecular complexity index is 425. The molecule has 1 saturated heterocycles. The Kier molecular flexibility index (Phi) is 2.63. The van der Waals surface area contributed by atoms with E-state index < -0.39 is 0 Å². The molecule has 2 atom stereocenters. The Morgan fingerprint density at radius 3 is 3.06 bits per heavy atom. The summed E-state index contributed by atoms with van der Waals surface area (Å²) in [5, 5.41) is 10.1. The molecule has 1 aliphatic heterocycles. The molecule has 1 aromatic rings. The van der Waals surface area contributed by atoms with E-state index in [0.29, 0.717) is 17.7 Å². The van der Waals surface area contributed by atoms with Crippen molar-refractivity contribution < 1.29 is 9.32 Å². The van der Waals surface area contributed by atoms with Gasteiger partial charge in [-0.25, -0.2) is 0 Å². The zero-order chi connectivity index (χ0) is 11.8. The van der Waals surface area contributed by atoms with E-state index in [9.17, 15) is 4.79 Å². The average molecular weight is 235 g/mol. The fourth-order valence-corrected chi connectivity index (χ4v) is 2.26. The summed E-state index contributed by atoms with van der Waals surface area (Å²) in [5.74, 6) is 1.23. The van der Waals surface area contributed by atoms with E-state index in [-0.39, 0.29) is 11.9 Å². The average Bonchev–Trinajstić information content (AvgIpc) is 2.88. The number of aromatic nitrogens is 1. The Morgan fingerprint density at radius 2 is 2.41 bits per heavy atom. The molecule has 2 N–H and O–H groups in total. The van der Waals surface area contributed by atoms with Gasteiger partial charge < -0.3 is 15.2 Å². The highest BCUT2D eigenvalue weighted by Gasteiger charge is 2.29. The largest absolute Gasteiger partial charge is 0.360 e. The molecule has 1 amide bonds. The highest BCUT2D eigenvalue weighted by molar-refractivity contribution is 5.92. The minimum atomic E-state index is -0.124. The summed E-state index contributed by atoms with van der Waals surface area (Å²) in [6.07, 6.45) is 3.28. The van der Waals surface area contributed by atoms with Gasteiger partial charge in [-0.15, -0.1) is 0 Å². The van der Waals surface area contributed by atoms with Gasteiger partial charge in [-0.2, -0.15) is 0 Å². The minimum absolute atomic E-state index is 0.124. The first-order chi connectivity index (χ1) is 8.22. The van der Waals surface area contributed by atoms with Crippen molar-refractivity contribution >= 4 is 5.91 Å². The molecule has 2 heterocycles. The lowest BCUT2D eigenvalue weighted by atomic mass is 10.2. The third-order valence-corrected chi connectivity index (χ3v) is 3.43. The van der Waals surface area contributed by atoms with Crippen molar-refractivity contribution in [2.45, 2.75) is 44.2 Å². The predicted octanol–water partition coefficient (Wildman–Crippen LogP) is 1.03. The Hall–Kier alpha value is -1.36. The van der Waals surface area contributed by atoms with Crippen molar-refractivity contribution in [1.29, 1.82) is 0 Å². The first kappa shape index (κ1) is 10.8. The molecule has 92 valence electrons. The number of carbonyl (C=O) groups excluding carboxylic acids is 1. The van der Waals surface area contributed by atoms with Gasteiger partial charge in [-0.05, 0) is 26.2 Å². The van der Waals surface area contributed by atoms with Gasteiger partial charge in [0.1, 0.15) is 5.76 Å². The highest BCUT2D eigenvalue weighted by Crippen LogP contribution is 2.40. The molecule has 1 aliphatic carbocycles. The third kappa shape index (κ3) is 2.34. The molecular formula is C12H17N3O2. The molecule has 1 aromatic heterocycles. The number of carbonyl (C=O) groups is 1. The van der Waals surface area contributed by atoms with Crippen molar-refractivity contribution in [2.75, 3.05) is 6.54 Å². The van der Waals surface area contributed by atoms with Crippen LogP contribution in [0, 0.1) is 0 Å². The number of hydrogen-bond donors (Lipinski definition) is 2. The molecule has 0 bridgehead atoms. The number of rotatable bonds is 3. The van der Waals surface area contributed by atoms with Crippen LogP contribution < -0.4 is 10.6 Å². The van der Waals surface area contributed by atoms with Crippen LogP contribution in [0.5, 0.6) is 0 Å². The third-order valence-electron chi connectivity index (χ3n) is 3.43.